The van der Waals surface area contributed by atoms with Gasteiger partial charge in [0.05, 0.1) is 38.1 Å². The lowest BCUT2D eigenvalue weighted by Crippen LogP contribution is -2.30. The molecule has 0 heterocycles. The Labute approximate surface area is 414 Å². The maximum Gasteiger partial charge on any atom is 0.472 e. The predicted octanol–water partition coefficient (Wildman–Crippen LogP) is 10.7. The van der Waals surface area contributed by atoms with Crippen LogP contribution in [-0.2, 0) is 41.8 Å². The molecule has 7 N–H and O–H groups in total. The Morgan fingerprint density at radius 3 is 1.55 bits per heavy atom. The minimum absolute atomic E-state index is 0.0571. The van der Waals surface area contributed by atoms with Crippen molar-refractivity contribution < 1.29 is 76.9 Å². The van der Waals surface area contributed by atoms with Crippen molar-refractivity contribution in [2.75, 3.05) is 26.4 Å². The minimum atomic E-state index is -4.91. The Hall–Kier alpha value is -2.30. The molecule has 2 unspecified atom stereocenters. The van der Waals surface area contributed by atoms with Crippen LogP contribution in [0.3, 0.4) is 0 Å². The molecule has 0 rings (SSSR count). The molecule has 0 amide bonds. The fraction of sp³-hybridized carbons (Fsp3) is 0.765. The maximum atomic E-state index is 12.8. The van der Waals surface area contributed by atoms with Crippen LogP contribution < -0.4 is 0 Å². The van der Waals surface area contributed by atoms with Gasteiger partial charge in [0.1, 0.15) is 12.7 Å². The summed E-state index contributed by atoms with van der Waals surface area (Å²) in [6.07, 6.45) is 37.2. The molecule has 402 valence electrons. The third-order valence-corrected chi connectivity index (χ3v) is 12.7. The molecule has 0 aliphatic heterocycles. The number of carbonyl (C=O) groups excluding carboxylic acids is 2. The minimum Gasteiger partial charge on any atom is -0.462 e. The Morgan fingerprint density at radius 1 is 0.536 bits per heavy atom. The molecule has 0 saturated heterocycles. The van der Waals surface area contributed by atoms with Crippen LogP contribution in [-0.4, -0.2) is 104 Å². The molecule has 16 nitrogen and oxygen atoms in total. The number of aliphatic hydroxyl groups excluding tert-OH is 4. The largest absolute Gasteiger partial charge is 0.472 e. The van der Waals surface area contributed by atoms with Crippen LogP contribution in [0.4, 0.5) is 0 Å². The zero-order valence-electron chi connectivity index (χ0n) is 42.1. The highest BCUT2D eigenvalue weighted by Gasteiger charge is 2.28. The lowest BCUT2D eigenvalue weighted by atomic mass is 9.99. The molecule has 0 radical (unpaired) electrons. The van der Waals surface area contributed by atoms with E-state index in [-0.39, 0.29) is 25.7 Å². The van der Waals surface area contributed by atoms with Crippen LogP contribution in [0.15, 0.2) is 60.8 Å². The summed E-state index contributed by atoms with van der Waals surface area (Å²) in [5.74, 6) is -0.490. The second-order valence-corrected chi connectivity index (χ2v) is 20.6. The second kappa shape index (κ2) is 44.4. The average molecular weight is 1020 g/mol. The molecule has 0 aromatic heterocycles. The van der Waals surface area contributed by atoms with E-state index in [0.717, 1.165) is 38.0 Å². The highest BCUT2D eigenvalue weighted by molar-refractivity contribution is 7.47. The lowest BCUT2D eigenvalue weighted by Gasteiger charge is -2.20. The Kier molecular flexibility index (Phi) is 42.9. The molecule has 0 aliphatic carbocycles. The first-order chi connectivity index (χ1) is 33.0. The van der Waals surface area contributed by atoms with E-state index < -0.39 is 84.5 Å². The van der Waals surface area contributed by atoms with Crippen LogP contribution in [0.5, 0.6) is 0 Å². The normalized spacial score (nSPS) is 16.1. The SMILES string of the molecule is CC/C=C\C[C@@H](O)/C=C/C=C/C=C\C=C/[C@H](O)[C@@H](O)CCCC(=O)OC[C@H](COP(=O)(O)OC[C@@H](O)COP(=O)(O)O)OC(=O)CCCCCCCCCCCCCCCCCCCCC(C)CC. The Balaban J connectivity index is 4.65. The quantitative estimate of drug-likeness (QED) is 0.00983. The van der Waals surface area contributed by atoms with E-state index in [2.05, 4.69) is 22.9 Å². The smallest absolute Gasteiger partial charge is 0.462 e. The fourth-order valence-corrected chi connectivity index (χ4v) is 8.06. The van der Waals surface area contributed by atoms with E-state index in [1.807, 2.05) is 19.1 Å². The van der Waals surface area contributed by atoms with Gasteiger partial charge >= 0.3 is 27.6 Å². The summed E-state index contributed by atoms with van der Waals surface area (Å²) in [5, 5.41) is 40.3. The number of hydrogen-bond donors (Lipinski definition) is 7. The van der Waals surface area contributed by atoms with Crippen molar-refractivity contribution in [2.24, 2.45) is 5.92 Å². The monoisotopic (exact) mass is 1020 g/mol. The summed E-state index contributed by atoms with van der Waals surface area (Å²) < 4.78 is 47.7. The fourth-order valence-electron chi connectivity index (χ4n) is 6.90. The van der Waals surface area contributed by atoms with Crippen LogP contribution in [0, 0.1) is 5.92 Å². The molecule has 0 spiro atoms. The van der Waals surface area contributed by atoms with Crippen LogP contribution in [0.1, 0.15) is 188 Å². The number of allylic oxidation sites excluding steroid dienone is 7. The van der Waals surface area contributed by atoms with Gasteiger partial charge < -0.3 is 44.6 Å². The van der Waals surface area contributed by atoms with Crippen molar-refractivity contribution in [2.45, 2.75) is 218 Å². The van der Waals surface area contributed by atoms with Gasteiger partial charge in [-0.15, -0.1) is 0 Å². The number of carbonyl (C=O) groups is 2. The number of esters is 2. The molecule has 7 atom stereocenters. The molecule has 0 aromatic carbocycles. The standard InChI is InChI=1S/C51H92O16P2/c1-4-6-27-34-45(52)35-29-24-21-22-25-30-36-48(54)49(55)37-32-39-50(56)63-42-47(43-66-69(61,62)65-41-46(53)40-64-68(58,59)60)67-51(57)38-31-26-20-18-16-14-12-10-8-7-9-11-13-15-17-19-23-28-33-44(3)5-2/h6,21-22,24-25,27,29-30,35-36,44-49,52-55H,4-5,7-20,23,26,28,31-34,37-43H2,1-3H3,(H,61,62)(H2,58,59,60)/b24-21+,25-22-,27-6-,35-29+,36-30-/t44?,45-,46+,47-,48+,49+/m1/s1. The Morgan fingerprint density at radius 2 is 1.01 bits per heavy atom. The third kappa shape index (κ3) is 46.5. The van der Waals surface area contributed by atoms with Gasteiger partial charge in [0.15, 0.2) is 6.10 Å². The van der Waals surface area contributed by atoms with Crippen LogP contribution >= 0.6 is 15.6 Å². The van der Waals surface area contributed by atoms with E-state index in [0.29, 0.717) is 12.8 Å². The number of unbranched alkanes of at least 4 members (excludes halogenated alkanes) is 17. The van der Waals surface area contributed by atoms with Crippen LogP contribution in [0.25, 0.3) is 0 Å². The first-order valence-electron chi connectivity index (χ1n) is 25.7. The first kappa shape index (κ1) is 66.7. The van der Waals surface area contributed by atoms with Gasteiger partial charge in [0.25, 0.3) is 0 Å². The van der Waals surface area contributed by atoms with Gasteiger partial charge in [0.2, 0.25) is 0 Å². The summed E-state index contributed by atoms with van der Waals surface area (Å²) in [6.45, 7) is 3.58. The van der Waals surface area contributed by atoms with Crippen molar-refractivity contribution in [3.8, 4) is 0 Å². The van der Waals surface area contributed by atoms with Gasteiger partial charge in [-0.05, 0) is 38.0 Å². The second-order valence-electron chi connectivity index (χ2n) is 17.9. The van der Waals surface area contributed by atoms with E-state index in [1.54, 1.807) is 42.5 Å². The highest BCUT2D eigenvalue weighted by Crippen LogP contribution is 2.44. The van der Waals surface area contributed by atoms with Gasteiger partial charge in [-0.3, -0.25) is 23.2 Å². The van der Waals surface area contributed by atoms with Gasteiger partial charge in [-0.2, -0.15) is 0 Å². The number of phosphoric ester groups is 2. The summed E-state index contributed by atoms with van der Waals surface area (Å²) in [6, 6.07) is 0. The molecular weight excluding hydrogens is 930 g/mol. The topological polar surface area (TPSA) is 256 Å². The van der Waals surface area contributed by atoms with Gasteiger partial charge in [-0.25, -0.2) is 9.13 Å². The summed E-state index contributed by atoms with van der Waals surface area (Å²) in [5.41, 5.74) is 0. The molecule has 18 heteroatoms. The first-order valence-corrected chi connectivity index (χ1v) is 28.7. The van der Waals surface area contributed by atoms with Gasteiger partial charge in [0, 0.05) is 12.8 Å². The molecule has 0 saturated carbocycles. The van der Waals surface area contributed by atoms with E-state index >= 15 is 0 Å². The average Bonchev–Trinajstić information content (AvgIpc) is 3.30. The predicted molar refractivity (Wildman–Crippen MR) is 271 cm³/mol. The third-order valence-electron chi connectivity index (χ3n) is 11.3. The lowest BCUT2D eigenvalue weighted by molar-refractivity contribution is -0.161. The number of rotatable bonds is 47. The van der Waals surface area contributed by atoms with Crippen molar-refractivity contribution in [3.05, 3.63) is 60.8 Å². The van der Waals surface area contributed by atoms with Crippen LogP contribution in [0.2, 0.25) is 0 Å². The Bertz CT molecular complexity index is 1510. The summed E-state index contributed by atoms with van der Waals surface area (Å²) in [7, 11) is -9.81. The van der Waals surface area contributed by atoms with E-state index in [9.17, 15) is 44.0 Å². The number of ether oxygens (including phenoxy) is 2. The van der Waals surface area contributed by atoms with Gasteiger partial charge in [-0.1, -0.05) is 204 Å². The highest BCUT2D eigenvalue weighted by atomic mass is 31.2. The maximum absolute atomic E-state index is 12.8. The summed E-state index contributed by atoms with van der Waals surface area (Å²) >= 11 is 0. The zero-order chi connectivity index (χ0) is 51.4. The van der Waals surface area contributed by atoms with Crippen molar-refractivity contribution in [3.63, 3.8) is 0 Å². The van der Waals surface area contributed by atoms with Crippen molar-refractivity contribution in [1.82, 2.24) is 0 Å². The summed E-state index contributed by atoms with van der Waals surface area (Å²) in [4.78, 5) is 53.0. The van der Waals surface area contributed by atoms with Crippen molar-refractivity contribution >= 4 is 27.6 Å². The number of aliphatic hydroxyl groups is 4. The molecule has 69 heavy (non-hydrogen) atoms. The molecule has 0 aromatic rings. The number of phosphoric acid groups is 2. The number of hydrogen-bond acceptors (Lipinski definition) is 13. The zero-order valence-corrected chi connectivity index (χ0v) is 43.9. The molecular formula is C51H92O16P2. The van der Waals surface area contributed by atoms with E-state index in [4.69, 9.17) is 23.8 Å². The molecule has 0 aliphatic rings. The van der Waals surface area contributed by atoms with E-state index in [1.165, 1.54) is 102 Å². The molecule has 0 fully saturated rings. The molecule has 0 bridgehead atoms. The van der Waals surface area contributed by atoms with Crippen molar-refractivity contribution in [1.29, 1.82) is 0 Å².